The van der Waals surface area contributed by atoms with Crippen molar-refractivity contribution >= 4 is 33.4 Å². The van der Waals surface area contributed by atoms with Gasteiger partial charge in [0.1, 0.15) is 5.69 Å². The third-order valence-electron chi connectivity index (χ3n) is 3.91. The summed E-state index contributed by atoms with van der Waals surface area (Å²) in [6, 6.07) is 4.79. The second kappa shape index (κ2) is 9.12. The summed E-state index contributed by atoms with van der Waals surface area (Å²) in [6.45, 7) is 0.221. The topological polar surface area (TPSA) is 72.7 Å². The van der Waals surface area contributed by atoms with Gasteiger partial charge in [0.25, 0.3) is 5.69 Å². The van der Waals surface area contributed by atoms with E-state index in [-0.39, 0.29) is 16.6 Å². The zero-order valence-electron chi connectivity index (χ0n) is 15.6. The predicted molar refractivity (Wildman–Crippen MR) is 100 cm³/mol. The van der Waals surface area contributed by atoms with Crippen molar-refractivity contribution in [2.75, 3.05) is 11.5 Å². The van der Waals surface area contributed by atoms with Gasteiger partial charge in [-0.15, -0.1) is 0 Å². The number of hydrogen-bond acceptors (Lipinski definition) is 4. The van der Waals surface area contributed by atoms with Gasteiger partial charge in [-0.1, -0.05) is 28.1 Å². The third kappa shape index (κ3) is 5.87. The van der Waals surface area contributed by atoms with Gasteiger partial charge in [-0.3, -0.25) is 15.0 Å². The van der Waals surface area contributed by atoms with Gasteiger partial charge in [0, 0.05) is 10.5 Å². The molecular weight excluding hydrogens is 502 g/mol. The molecule has 0 saturated heterocycles. The van der Waals surface area contributed by atoms with Crippen molar-refractivity contribution in [2.24, 2.45) is 0 Å². The molecule has 0 aliphatic rings. The van der Waals surface area contributed by atoms with Crippen LogP contribution < -0.4 is 4.90 Å². The van der Waals surface area contributed by atoms with Crippen LogP contribution in [-0.4, -0.2) is 17.6 Å². The van der Waals surface area contributed by atoms with Gasteiger partial charge in [0.05, 0.1) is 29.2 Å². The number of anilines is 1. The van der Waals surface area contributed by atoms with Gasteiger partial charge in [-0.25, -0.2) is 4.79 Å². The molecule has 0 fully saturated rings. The van der Waals surface area contributed by atoms with E-state index in [0.717, 1.165) is 24.3 Å². The van der Waals surface area contributed by atoms with Crippen LogP contribution in [0, 0.1) is 10.1 Å². The van der Waals surface area contributed by atoms with Crippen molar-refractivity contribution < 1.29 is 40.8 Å². The van der Waals surface area contributed by atoms with Crippen molar-refractivity contribution in [3.8, 4) is 0 Å². The van der Waals surface area contributed by atoms with Gasteiger partial charge in [0.15, 0.2) is 0 Å². The number of hydrogen-bond donors (Lipinski definition) is 0. The first-order chi connectivity index (χ1) is 14.3. The Morgan fingerprint density at radius 2 is 1.77 bits per heavy atom. The van der Waals surface area contributed by atoms with E-state index in [4.69, 9.17) is 4.74 Å². The second-order valence-electron chi connectivity index (χ2n) is 6.06. The molecule has 0 heterocycles. The average Bonchev–Trinajstić information content (AvgIpc) is 2.64. The molecule has 168 valence electrons. The summed E-state index contributed by atoms with van der Waals surface area (Å²) in [4.78, 5) is 23.1. The zero-order chi connectivity index (χ0) is 23.6. The van der Waals surface area contributed by atoms with E-state index in [0.29, 0.717) is 17.0 Å². The van der Waals surface area contributed by atoms with Crippen LogP contribution in [0.4, 0.5) is 42.5 Å². The fourth-order valence-electron chi connectivity index (χ4n) is 2.69. The molecule has 0 aromatic heterocycles. The molecule has 1 amide bonds. The van der Waals surface area contributed by atoms with Crippen LogP contribution in [0.1, 0.15) is 23.6 Å². The Labute approximate surface area is 179 Å². The molecule has 2 rings (SSSR count). The number of nitro groups is 1. The highest BCUT2D eigenvalue weighted by Gasteiger charge is 2.41. The van der Waals surface area contributed by atoms with E-state index in [2.05, 4.69) is 15.9 Å². The molecule has 0 spiro atoms. The fourth-order valence-corrected chi connectivity index (χ4v) is 3.13. The molecule has 0 bridgehead atoms. The summed E-state index contributed by atoms with van der Waals surface area (Å²) in [5.41, 5.74) is -5.07. The molecule has 0 unspecified atom stereocenters. The van der Waals surface area contributed by atoms with Crippen LogP contribution in [0.3, 0.4) is 0 Å². The minimum atomic E-state index is -5.12. The fraction of sp³-hybridized carbons (Fsp3) is 0.278. The molecule has 13 heteroatoms. The molecular formula is C18H13BrF6N2O4. The van der Waals surface area contributed by atoms with Gasteiger partial charge in [-0.05, 0) is 30.7 Å². The van der Waals surface area contributed by atoms with Gasteiger partial charge in [0.2, 0.25) is 0 Å². The average molecular weight is 515 g/mol. The quantitative estimate of drug-likeness (QED) is 0.257. The Balaban J connectivity index is 2.73. The molecule has 0 aliphatic heterocycles. The van der Waals surface area contributed by atoms with Crippen molar-refractivity contribution in [1.82, 2.24) is 0 Å². The summed E-state index contributed by atoms with van der Waals surface area (Å²) in [5.74, 6) is 0. The summed E-state index contributed by atoms with van der Waals surface area (Å²) < 4.78 is 84.4. The van der Waals surface area contributed by atoms with Crippen molar-refractivity contribution in [2.45, 2.75) is 25.8 Å². The van der Waals surface area contributed by atoms with Crippen LogP contribution in [0.15, 0.2) is 40.9 Å². The number of rotatable bonds is 5. The highest BCUT2D eigenvalue weighted by Crippen LogP contribution is 2.44. The Morgan fingerprint density at radius 1 is 1.13 bits per heavy atom. The molecule has 31 heavy (non-hydrogen) atoms. The molecule has 0 N–H and O–H groups in total. The summed E-state index contributed by atoms with van der Waals surface area (Å²) >= 11 is 2.76. The Kier molecular flexibility index (Phi) is 7.19. The lowest BCUT2D eigenvalue weighted by molar-refractivity contribution is -0.384. The maximum Gasteiger partial charge on any atom is 0.418 e. The van der Waals surface area contributed by atoms with E-state index in [9.17, 15) is 41.3 Å². The minimum absolute atomic E-state index is 0.215. The predicted octanol–water partition coefficient (Wildman–Crippen LogP) is 6.56. The number of nitro benzene ring substituents is 1. The second-order valence-corrected chi connectivity index (χ2v) is 6.97. The maximum absolute atomic E-state index is 13.7. The van der Waals surface area contributed by atoms with Crippen molar-refractivity contribution in [3.05, 3.63) is 67.7 Å². The summed E-state index contributed by atoms with van der Waals surface area (Å²) in [7, 11) is 0. The van der Waals surface area contributed by atoms with Crippen molar-refractivity contribution in [3.63, 3.8) is 0 Å². The lowest BCUT2D eigenvalue weighted by Gasteiger charge is -2.25. The van der Waals surface area contributed by atoms with Crippen LogP contribution in [-0.2, 0) is 23.6 Å². The van der Waals surface area contributed by atoms with Crippen LogP contribution in [0.25, 0.3) is 0 Å². The number of alkyl halides is 6. The number of nitrogens with zero attached hydrogens (tertiary/aromatic N) is 2. The first kappa shape index (κ1) is 24.4. The normalized spacial score (nSPS) is 11.9. The number of amides is 1. The standard InChI is InChI=1S/C18H13BrF6N2O4/c1-2-31-16(28)26(9-10-4-3-5-11(6-10)17(20,21)22)15-13(18(23,24)25)7-12(19)8-14(15)27(29)30/h3-8H,2,9H2,1H3. The molecule has 0 radical (unpaired) electrons. The lowest BCUT2D eigenvalue weighted by Crippen LogP contribution is -2.33. The third-order valence-corrected chi connectivity index (χ3v) is 4.37. The Hall–Kier alpha value is -2.83. The maximum atomic E-state index is 13.7. The Bertz CT molecular complexity index is 994. The van der Waals surface area contributed by atoms with E-state index in [1.165, 1.54) is 6.92 Å². The van der Waals surface area contributed by atoms with Crippen LogP contribution in [0.2, 0.25) is 0 Å². The number of benzene rings is 2. The van der Waals surface area contributed by atoms with Crippen molar-refractivity contribution in [1.29, 1.82) is 0 Å². The molecule has 6 nitrogen and oxygen atoms in total. The number of ether oxygens (including phenoxy) is 1. The number of carbonyl (C=O) groups is 1. The zero-order valence-corrected chi connectivity index (χ0v) is 17.1. The smallest absolute Gasteiger partial charge is 0.418 e. The minimum Gasteiger partial charge on any atom is -0.449 e. The van der Waals surface area contributed by atoms with Gasteiger partial charge < -0.3 is 4.74 Å². The molecule has 2 aromatic rings. The molecule has 0 aliphatic carbocycles. The highest BCUT2D eigenvalue weighted by molar-refractivity contribution is 9.10. The first-order valence-electron chi connectivity index (χ1n) is 8.41. The Morgan fingerprint density at radius 3 is 2.29 bits per heavy atom. The molecule has 0 atom stereocenters. The van der Waals surface area contributed by atoms with E-state index in [1.807, 2.05) is 0 Å². The van der Waals surface area contributed by atoms with Crippen LogP contribution >= 0.6 is 15.9 Å². The molecule has 2 aromatic carbocycles. The number of carbonyl (C=O) groups excluding carboxylic acids is 1. The van der Waals surface area contributed by atoms with E-state index >= 15 is 0 Å². The summed E-state index contributed by atoms with van der Waals surface area (Å²) in [5, 5.41) is 11.5. The summed E-state index contributed by atoms with van der Waals surface area (Å²) in [6.07, 6.45) is -11.3. The monoisotopic (exact) mass is 514 g/mol. The van der Waals surface area contributed by atoms with Gasteiger partial charge >= 0.3 is 18.4 Å². The highest BCUT2D eigenvalue weighted by atomic mass is 79.9. The SMILES string of the molecule is CCOC(=O)N(Cc1cccc(C(F)(F)F)c1)c1c([N+](=O)[O-])cc(Br)cc1C(F)(F)F. The molecule has 0 saturated carbocycles. The van der Waals surface area contributed by atoms with Crippen LogP contribution in [0.5, 0.6) is 0 Å². The van der Waals surface area contributed by atoms with E-state index < -0.39 is 52.4 Å². The first-order valence-corrected chi connectivity index (χ1v) is 9.20. The van der Waals surface area contributed by atoms with E-state index in [1.54, 1.807) is 0 Å². The lowest BCUT2D eigenvalue weighted by atomic mass is 10.1. The largest absolute Gasteiger partial charge is 0.449 e. The van der Waals surface area contributed by atoms with Gasteiger partial charge in [-0.2, -0.15) is 26.3 Å². The number of halogens is 7.